The Labute approximate surface area is 127 Å². The van der Waals surface area contributed by atoms with Gasteiger partial charge in [0.2, 0.25) is 5.91 Å². The molecule has 0 radical (unpaired) electrons. The third kappa shape index (κ3) is 6.93. The first-order valence-corrected chi connectivity index (χ1v) is 8.08. The van der Waals surface area contributed by atoms with Gasteiger partial charge in [0.1, 0.15) is 12.1 Å². The van der Waals surface area contributed by atoms with Crippen LogP contribution < -0.4 is 5.32 Å². The summed E-state index contributed by atoms with van der Waals surface area (Å²) in [5.74, 6) is -1.10. The van der Waals surface area contributed by atoms with Gasteiger partial charge in [0.15, 0.2) is 0 Å². The molecular formula is C16H29NO4. The number of carboxylic acids is 1. The van der Waals surface area contributed by atoms with E-state index in [1.807, 2.05) is 13.8 Å². The number of hydrogen-bond donors (Lipinski definition) is 2. The number of ether oxygens (including phenoxy) is 1. The molecule has 0 aromatic carbocycles. The van der Waals surface area contributed by atoms with E-state index < -0.39 is 18.1 Å². The van der Waals surface area contributed by atoms with Crippen LogP contribution in [0.5, 0.6) is 0 Å². The Hall–Kier alpha value is -1.10. The predicted molar refractivity (Wildman–Crippen MR) is 81.1 cm³/mol. The number of hydrogen-bond acceptors (Lipinski definition) is 3. The monoisotopic (exact) mass is 299 g/mol. The van der Waals surface area contributed by atoms with Crippen LogP contribution in [-0.2, 0) is 14.3 Å². The smallest absolute Gasteiger partial charge is 0.326 e. The molecular weight excluding hydrogens is 270 g/mol. The van der Waals surface area contributed by atoms with E-state index in [4.69, 9.17) is 9.84 Å². The van der Waals surface area contributed by atoms with Crippen LogP contribution in [0.25, 0.3) is 0 Å². The third-order valence-electron chi connectivity index (χ3n) is 3.89. The molecule has 0 spiro atoms. The Bertz CT molecular complexity index is 335. The maximum Gasteiger partial charge on any atom is 0.326 e. The van der Waals surface area contributed by atoms with Crippen molar-refractivity contribution in [2.45, 2.75) is 84.0 Å². The van der Waals surface area contributed by atoms with Crippen molar-refractivity contribution < 1.29 is 19.4 Å². The molecule has 1 rings (SSSR count). The molecule has 5 heteroatoms. The maximum absolute atomic E-state index is 12.1. The van der Waals surface area contributed by atoms with Crippen LogP contribution >= 0.6 is 0 Å². The molecule has 2 unspecified atom stereocenters. The van der Waals surface area contributed by atoms with Gasteiger partial charge >= 0.3 is 5.97 Å². The lowest BCUT2D eigenvalue weighted by Gasteiger charge is -2.23. The molecule has 122 valence electrons. The Morgan fingerprint density at radius 1 is 1.14 bits per heavy atom. The fourth-order valence-electron chi connectivity index (χ4n) is 2.71. The minimum absolute atomic E-state index is 0.127. The number of carbonyl (C=O) groups excluding carboxylic acids is 1. The van der Waals surface area contributed by atoms with Crippen molar-refractivity contribution in [3.05, 3.63) is 0 Å². The van der Waals surface area contributed by atoms with Crippen LogP contribution in [0, 0.1) is 5.92 Å². The SMILES string of the molecule is CC(C)CC(NC(=O)C(C)OC1CCCCCC1)C(=O)O. The summed E-state index contributed by atoms with van der Waals surface area (Å²) in [4.78, 5) is 23.3. The summed E-state index contributed by atoms with van der Waals surface area (Å²) in [6.45, 7) is 5.58. The molecule has 0 bridgehead atoms. The lowest BCUT2D eigenvalue weighted by Crippen LogP contribution is -2.46. The van der Waals surface area contributed by atoms with Crippen LogP contribution in [0.2, 0.25) is 0 Å². The third-order valence-corrected chi connectivity index (χ3v) is 3.89. The van der Waals surface area contributed by atoms with E-state index in [1.165, 1.54) is 12.8 Å². The van der Waals surface area contributed by atoms with Gasteiger partial charge in [-0.2, -0.15) is 0 Å². The average Bonchev–Trinajstić information content (AvgIpc) is 2.65. The number of carbonyl (C=O) groups is 2. The summed E-state index contributed by atoms with van der Waals surface area (Å²) in [5.41, 5.74) is 0. The van der Waals surface area contributed by atoms with Crippen molar-refractivity contribution in [3.8, 4) is 0 Å². The average molecular weight is 299 g/mol. The number of amides is 1. The summed E-state index contributed by atoms with van der Waals surface area (Å²) in [6, 6.07) is -0.835. The summed E-state index contributed by atoms with van der Waals surface area (Å²) < 4.78 is 5.81. The largest absolute Gasteiger partial charge is 0.480 e. The summed E-state index contributed by atoms with van der Waals surface area (Å²) in [6.07, 6.45) is 6.69. The van der Waals surface area contributed by atoms with Crippen LogP contribution in [0.15, 0.2) is 0 Å². The first-order valence-electron chi connectivity index (χ1n) is 8.08. The van der Waals surface area contributed by atoms with Crippen molar-refractivity contribution in [2.24, 2.45) is 5.92 Å². The van der Waals surface area contributed by atoms with Gasteiger partial charge in [0.05, 0.1) is 6.10 Å². The molecule has 0 aliphatic heterocycles. The highest BCUT2D eigenvalue weighted by molar-refractivity contribution is 5.86. The highest BCUT2D eigenvalue weighted by Crippen LogP contribution is 2.21. The Morgan fingerprint density at radius 3 is 2.19 bits per heavy atom. The molecule has 2 atom stereocenters. The van der Waals surface area contributed by atoms with E-state index in [-0.39, 0.29) is 17.9 Å². The zero-order chi connectivity index (χ0) is 15.8. The van der Waals surface area contributed by atoms with E-state index >= 15 is 0 Å². The van der Waals surface area contributed by atoms with Gasteiger partial charge in [-0.05, 0) is 32.1 Å². The highest BCUT2D eigenvalue weighted by atomic mass is 16.5. The van der Waals surface area contributed by atoms with E-state index in [9.17, 15) is 9.59 Å². The zero-order valence-electron chi connectivity index (χ0n) is 13.4. The molecule has 0 aromatic heterocycles. The standard InChI is InChI=1S/C16H29NO4/c1-11(2)10-14(16(19)20)17-15(18)12(3)21-13-8-6-4-5-7-9-13/h11-14H,4-10H2,1-3H3,(H,17,18)(H,19,20). The first kappa shape index (κ1) is 18.0. The van der Waals surface area contributed by atoms with Crippen LogP contribution in [0.4, 0.5) is 0 Å². The Balaban J connectivity index is 2.46. The van der Waals surface area contributed by atoms with E-state index in [0.29, 0.717) is 6.42 Å². The maximum atomic E-state index is 12.1. The highest BCUT2D eigenvalue weighted by Gasteiger charge is 2.26. The Morgan fingerprint density at radius 2 is 1.71 bits per heavy atom. The normalized spacial score (nSPS) is 19.8. The number of nitrogens with one attached hydrogen (secondary N) is 1. The van der Waals surface area contributed by atoms with Crippen molar-refractivity contribution in [1.29, 1.82) is 0 Å². The van der Waals surface area contributed by atoms with Crippen molar-refractivity contribution >= 4 is 11.9 Å². The van der Waals surface area contributed by atoms with Gasteiger partial charge in [-0.3, -0.25) is 4.79 Å². The lowest BCUT2D eigenvalue weighted by molar-refractivity contribution is -0.145. The molecule has 5 nitrogen and oxygen atoms in total. The van der Waals surface area contributed by atoms with E-state index in [2.05, 4.69) is 5.32 Å². The molecule has 1 fully saturated rings. The van der Waals surface area contributed by atoms with Crippen molar-refractivity contribution in [1.82, 2.24) is 5.32 Å². The topological polar surface area (TPSA) is 75.6 Å². The molecule has 21 heavy (non-hydrogen) atoms. The molecule has 1 aliphatic rings. The van der Waals surface area contributed by atoms with Gasteiger partial charge in [-0.1, -0.05) is 39.5 Å². The molecule has 1 saturated carbocycles. The van der Waals surface area contributed by atoms with E-state index in [0.717, 1.165) is 25.7 Å². The number of carboxylic acid groups (broad SMARTS) is 1. The van der Waals surface area contributed by atoms with Crippen molar-refractivity contribution in [3.63, 3.8) is 0 Å². The number of aliphatic carboxylic acids is 1. The molecule has 0 heterocycles. The van der Waals surface area contributed by atoms with E-state index in [1.54, 1.807) is 6.92 Å². The predicted octanol–water partition coefficient (Wildman–Crippen LogP) is 2.73. The van der Waals surface area contributed by atoms with Gasteiger partial charge < -0.3 is 15.2 Å². The van der Waals surface area contributed by atoms with Crippen LogP contribution in [-0.4, -0.2) is 35.2 Å². The number of rotatable bonds is 7. The summed E-state index contributed by atoms with van der Waals surface area (Å²) in [5, 5.41) is 11.7. The van der Waals surface area contributed by atoms with Crippen LogP contribution in [0.3, 0.4) is 0 Å². The van der Waals surface area contributed by atoms with Gasteiger partial charge in [-0.25, -0.2) is 4.79 Å². The zero-order valence-corrected chi connectivity index (χ0v) is 13.4. The quantitative estimate of drug-likeness (QED) is 0.709. The molecule has 0 saturated heterocycles. The molecule has 2 N–H and O–H groups in total. The molecule has 1 amide bonds. The minimum atomic E-state index is -0.987. The second kappa shape index (κ2) is 9.03. The second-order valence-corrected chi connectivity index (χ2v) is 6.42. The van der Waals surface area contributed by atoms with Crippen LogP contribution in [0.1, 0.15) is 65.7 Å². The lowest BCUT2D eigenvalue weighted by atomic mass is 10.0. The molecule has 0 aromatic rings. The first-order chi connectivity index (χ1) is 9.90. The van der Waals surface area contributed by atoms with Crippen molar-refractivity contribution in [2.75, 3.05) is 0 Å². The fraction of sp³-hybridized carbons (Fsp3) is 0.875. The summed E-state index contributed by atoms with van der Waals surface area (Å²) in [7, 11) is 0. The minimum Gasteiger partial charge on any atom is -0.480 e. The second-order valence-electron chi connectivity index (χ2n) is 6.42. The van der Waals surface area contributed by atoms with Gasteiger partial charge in [-0.15, -0.1) is 0 Å². The Kier molecular flexibility index (Phi) is 7.72. The summed E-state index contributed by atoms with van der Waals surface area (Å²) >= 11 is 0. The molecule has 1 aliphatic carbocycles. The van der Waals surface area contributed by atoms with Gasteiger partial charge in [0, 0.05) is 0 Å². The fourth-order valence-corrected chi connectivity index (χ4v) is 2.71. The van der Waals surface area contributed by atoms with Gasteiger partial charge in [0.25, 0.3) is 0 Å².